The lowest BCUT2D eigenvalue weighted by Crippen LogP contribution is -2.41. The van der Waals surface area contributed by atoms with Gasteiger partial charge in [-0.15, -0.1) is 0 Å². The number of hydrogen-bond donors (Lipinski definition) is 2. The average Bonchev–Trinajstić information content (AvgIpc) is 2.48. The molecular formula is C14H19ClN2O4S. The summed E-state index contributed by atoms with van der Waals surface area (Å²) < 4.78 is 26.7. The summed E-state index contributed by atoms with van der Waals surface area (Å²) >= 11 is 5.77. The summed E-state index contributed by atoms with van der Waals surface area (Å²) in [6.07, 6.45) is 0.438. The molecule has 22 heavy (non-hydrogen) atoms. The second kappa shape index (κ2) is 7.30. The maximum absolute atomic E-state index is 12.1. The highest BCUT2D eigenvalue weighted by molar-refractivity contribution is 7.88. The fraction of sp³-hybridized carbons (Fsp3) is 0.500. The maximum atomic E-state index is 12.1. The van der Waals surface area contributed by atoms with E-state index in [0.29, 0.717) is 43.1 Å². The Balaban J connectivity index is 1.80. The molecule has 0 unspecified atom stereocenters. The van der Waals surface area contributed by atoms with E-state index in [1.807, 2.05) is 0 Å². The van der Waals surface area contributed by atoms with Crippen LogP contribution in [0.1, 0.15) is 18.4 Å². The van der Waals surface area contributed by atoms with Crippen molar-refractivity contribution in [1.29, 1.82) is 0 Å². The highest BCUT2D eigenvalue weighted by atomic mass is 35.5. The van der Waals surface area contributed by atoms with E-state index in [-0.39, 0.29) is 11.7 Å². The Hall–Kier alpha value is -1.31. The number of likely N-dealkylation sites (tertiary alicyclic amines) is 1. The predicted octanol–water partition coefficient (Wildman–Crippen LogP) is 2.15. The fourth-order valence-corrected chi connectivity index (χ4v) is 3.77. The van der Waals surface area contributed by atoms with Gasteiger partial charge in [0.25, 0.3) is 0 Å². The molecule has 6 nitrogen and oxygen atoms in total. The molecule has 0 radical (unpaired) electrons. The van der Waals surface area contributed by atoms with Gasteiger partial charge in [-0.1, -0.05) is 23.7 Å². The van der Waals surface area contributed by atoms with Crippen LogP contribution in [0.25, 0.3) is 0 Å². The first-order valence-corrected chi connectivity index (χ1v) is 9.08. The monoisotopic (exact) mass is 346 g/mol. The Bertz CT molecular complexity index is 610. The molecule has 1 aromatic carbocycles. The van der Waals surface area contributed by atoms with Crippen LogP contribution < -0.4 is 4.72 Å². The summed E-state index contributed by atoms with van der Waals surface area (Å²) in [5.41, 5.74) is 0.678. The Kier molecular flexibility index (Phi) is 5.66. The summed E-state index contributed by atoms with van der Waals surface area (Å²) in [7, 11) is -3.40. The summed E-state index contributed by atoms with van der Waals surface area (Å²) in [5, 5.41) is 9.44. The quantitative estimate of drug-likeness (QED) is 0.855. The average molecular weight is 347 g/mol. The molecule has 1 amide bonds. The van der Waals surface area contributed by atoms with Gasteiger partial charge in [0.15, 0.2) is 0 Å². The Morgan fingerprint density at radius 3 is 2.41 bits per heavy atom. The molecule has 1 aliphatic rings. The lowest BCUT2D eigenvalue weighted by Gasteiger charge is -2.29. The summed E-state index contributed by atoms with van der Waals surface area (Å²) in [6, 6.07) is 6.70. The molecule has 0 bridgehead atoms. The molecule has 122 valence electrons. The minimum Gasteiger partial charge on any atom is -0.465 e. The lowest BCUT2D eigenvalue weighted by molar-refractivity contribution is 0.125. The van der Waals surface area contributed by atoms with Crippen LogP contribution >= 0.6 is 11.6 Å². The van der Waals surface area contributed by atoms with Gasteiger partial charge in [-0.2, -0.15) is 0 Å². The van der Waals surface area contributed by atoms with E-state index in [9.17, 15) is 13.2 Å². The van der Waals surface area contributed by atoms with Gasteiger partial charge < -0.3 is 10.0 Å². The number of nitrogens with one attached hydrogen (secondary N) is 1. The largest absolute Gasteiger partial charge is 0.465 e. The fourth-order valence-electron chi connectivity index (χ4n) is 2.42. The molecule has 0 saturated carbocycles. The van der Waals surface area contributed by atoms with Crippen LogP contribution in [0, 0.1) is 5.92 Å². The number of piperidine rings is 1. The third-order valence-electron chi connectivity index (χ3n) is 3.75. The molecule has 2 rings (SSSR count). The van der Waals surface area contributed by atoms with E-state index in [0.717, 1.165) is 0 Å². The van der Waals surface area contributed by atoms with Gasteiger partial charge >= 0.3 is 6.09 Å². The van der Waals surface area contributed by atoms with Crippen molar-refractivity contribution in [2.75, 3.05) is 19.6 Å². The maximum Gasteiger partial charge on any atom is 0.407 e. The first-order chi connectivity index (χ1) is 10.4. The third kappa shape index (κ3) is 5.15. The zero-order valence-electron chi connectivity index (χ0n) is 12.0. The van der Waals surface area contributed by atoms with Crippen molar-refractivity contribution in [3.8, 4) is 0 Å². The molecule has 1 saturated heterocycles. The molecule has 0 aliphatic carbocycles. The summed E-state index contributed by atoms with van der Waals surface area (Å²) in [6.45, 7) is 1.27. The zero-order chi connectivity index (χ0) is 16.2. The first kappa shape index (κ1) is 17.1. The number of sulfonamides is 1. The molecular weight excluding hydrogens is 328 g/mol. The van der Waals surface area contributed by atoms with Crippen molar-refractivity contribution in [1.82, 2.24) is 9.62 Å². The van der Waals surface area contributed by atoms with Crippen molar-refractivity contribution in [2.24, 2.45) is 5.92 Å². The van der Waals surface area contributed by atoms with Crippen LogP contribution in [-0.2, 0) is 15.8 Å². The number of carboxylic acid groups (broad SMARTS) is 1. The van der Waals surface area contributed by atoms with Crippen LogP contribution in [-0.4, -0.2) is 44.2 Å². The SMILES string of the molecule is O=C(O)N1CCC(CNS(=O)(=O)Cc2ccc(Cl)cc2)CC1. The van der Waals surface area contributed by atoms with E-state index < -0.39 is 16.1 Å². The van der Waals surface area contributed by atoms with E-state index in [2.05, 4.69) is 4.72 Å². The smallest absolute Gasteiger partial charge is 0.407 e. The van der Waals surface area contributed by atoms with Crippen LogP contribution in [0.5, 0.6) is 0 Å². The van der Waals surface area contributed by atoms with Gasteiger partial charge in [0.1, 0.15) is 0 Å². The Morgan fingerprint density at radius 1 is 1.27 bits per heavy atom. The van der Waals surface area contributed by atoms with E-state index >= 15 is 0 Å². The number of nitrogens with zero attached hydrogens (tertiary/aromatic N) is 1. The number of halogens is 1. The van der Waals surface area contributed by atoms with Gasteiger partial charge in [-0.3, -0.25) is 0 Å². The highest BCUT2D eigenvalue weighted by Gasteiger charge is 2.23. The molecule has 8 heteroatoms. The lowest BCUT2D eigenvalue weighted by atomic mass is 9.97. The molecule has 2 N–H and O–H groups in total. The normalized spacial score (nSPS) is 16.7. The standard InChI is InChI=1S/C14H19ClN2O4S/c15-13-3-1-12(2-4-13)10-22(20,21)16-9-11-5-7-17(8-6-11)14(18)19/h1-4,11,16H,5-10H2,(H,18,19). The number of benzene rings is 1. The van der Waals surface area contributed by atoms with Gasteiger partial charge in [0, 0.05) is 24.7 Å². The van der Waals surface area contributed by atoms with Crippen LogP contribution in [0.4, 0.5) is 4.79 Å². The zero-order valence-corrected chi connectivity index (χ0v) is 13.6. The van der Waals surface area contributed by atoms with Crippen LogP contribution in [0.15, 0.2) is 24.3 Å². The molecule has 0 aromatic heterocycles. The number of carbonyl (C=O) groups is 1. The number of amides is 1. The van der Waals surface area contributed by atoms with Gasteiger partial charge in [-0.25, -0.2) is 17.9 Å². The summed E-state index contributed by atoms with van der Waals surface area (Å²) in [4.78, 5) is 12.2. The number of rotatable bonds is 5. The van der Waals surface area contributed by atoms with E-state index in [1.54, 1.807) is 24.3 Å². The third-order valence-corrected chi connectivity index (χ3v) is 5.32. The van der Waals surface area contributed by atoms with E-state index in [4.69, 9.17) is 16.7 Å². The van der Waals surface area contributed by atoms with Crippen molar-refractivity contribution >= 4 is 27.7 Å². The van der Waals surface area contributed by atoms with Crippen molar-refractivity contribution in [2.45, 2.75) is 18.6 Å². The molecule has 1 fully saturated rings. The summed E-state index contributed by atoms with van der Waals surface area (Å²) in [5.74, 6) is 0.0913. The van der Waals surface area contributed by atoms with E-state index in [1.165, 1.54) is 4.90 Å². The minimum atomic E-state index is -3.40. The predicted molar refractivity (Wildman–Crippen MR) is 84.4 cm³/mol. The highest BCUT2D eigenvalue weighted by Crippen LogP contribution is 2.17. The topological polar surface area (TPSA) is 86.7 Å². The van der Waals surface area contributed by atoms with Crippen molar-refractivity contribution < 1.29 is 18.3 Å². The van der Waals surface area contributed by atoms with Crippen molar-refractivity contribution in [3.63, 3.8) is 0 Å². The Morgan fingerprint density at radius 2 is 1.86 bits per heavy atom. The number of hydrogen-bond acceptors (Lipinski definition) is 3. The first-order valence-electron chi connectivity index (χ1n) is 7.05. The van der Waals surface area contributed by atoms with Crippen molar-refractivity contribution in [3.05, 3.63) is 34.9 Å². The molecule has 1 heterocycles. The van der Waals surface area contributed by atoms with Crippen LogP contribution in [0.3, 0.4) is 0 Å². The van der Waals surface area contributed by atoms with Gasteiger partial charge in [-0.05, 0) is 36.5 Å². The second-order valence-electron chi connectivity index (χ2n) is 5.45. The molecule has 0 atom stereocenters. The molecule has 1 aromatic rings. The molecule has 1 aliphatic heterocycles. The minimum absolute atomic E-state index is 0.0852. The van der Waals surface area contributed by atoms with Crippen LogP contribution in [0.2, 0.25) is 5.02 Å². The Labute approximate surface area is 135 Å². The second-order valence-corrected chi connectivity index (χ2v) is 7.69. The van der Waals surface area contributed by atoms with Gasteiger partial charge in [0.05, 0.1) is 5.75 Å². The van der Waals surface area contributed by atoms with Gasteiger partial charge in [0.2, 0.25) is 10.0 Å². The molecule has 0 spiro atoms.